The van der Waals surface area contributed by atoms with Crippen LogP contribution in [0.2, 0.25) is 0 Å². The largest absolute Gasteiger partial charge is 0.493 e. The molecule has 0 aliphatic rings. The molecule has 0 heterocycles. The molecule has 0 saturated carbocycles. The highest BCUT2D eigenvalue weighted by Crippen LogP contribution is 2.18. The number of nitrogen functional groups attached to an aromatic ring is 1. The zero-order chi connectivity index (χ0) is 13.0. The minimum Gasteiger partial charge on any atom is -0.493 e. The highest BCUT2D eigenvalue weighted by molar-refractivity contribution is 5.51. The molecule has 0 aliphatic carbocycles. The number of nitrogens with two attached hydrogens (primary N) is 1. The lowest BCUT2D eigenvalue weighted by Gasteiger charge is -2.10. The van der Waals surface area contributed by atoms with E-state index in [2.05, 4.69) is 13.0 Å². The van der Waals surface area contributed by atoms with E-state index in [9.17, 15) is 0 Å². The fourth-order valence-corrected chi connectivity index (χ4v) is 1.96. The molecule has 0 saturated heterocycles. The summed E-state index contributed by atoms with van der Waals surface area (Å²) in [5.74, 6) is 0.919. The molecule has 2 aromatic carbocycles. The zero-order valence-corrected chi connectivity index (χ0v) is 10.9. The van der Waals surface area contributed by atoms with Gasteiger partial charge in [0.1, 0.15) is 5.75 Å². The van der Waals surface area contributed by atoms with Crippen molar-refractivity contribution in [3.8, 4) is 5.75 Å². The number of benzene rings is 2. The summed E-state index contributed by atoms with van der Waals surface area (Å²) < 4.78 is 5.70. The standard InChI is InChI=1S/C16H19NO/c1-12-11-16(17)13(2)10-14(12)8-9-18-15-6-4-3-5-7-15/h3-7,10-11H,8-9,17H2,1-2H3. The van der Waals surface area contributed by atoms with E-state index in [1.54, 1.807) is 0 Å². The van der Waals surface area contributed by atoms with Gasteiger partial charge in [0.15, 0.2) is 0 Å². The van der Waals surface area contributed by atoms with Crippen molar-refractivity contribution in [1.82, 2.24) is 0 Å². The maximum absolute atomic E-state index is 5.88. The van der Waals surface area contributed by atoms with Gasteiger partial charge < -0.3 is 10.5 Å². The third-order valence-corrected chi connectivity index (χ3v) is 3.11. The summed E-state index contributed by atoms with van der Waals surface area (Å²) in [7, 11) is 0. The van der Waals surface area contributed by atoms with Crippen LogP contribution in [-0.2, 0) is 6.42 Å². The van der Waals surface area contributed by atoms with Crippen LogP contribution in [0.5, 0.6) is 5.75 Å². The van der Waals surface area contributed by atoms with E-state index >= 15 is 0 Å². The minimum atomic E-state index is 0.689. The molecule has 0 aromatic heterocycles. The highest BCUT2D eigenvalue weighted by atomic mass is 16.5. The van der Waals surface area contributed by atoms with Crippen LogP contribution in [0.4, 0.5) is 5.69 Å². The summed E-state index contributed by atoms with van der Waals surface area (Å²) in [5, 5.41) is 0. The molecule has 0 radical (unpaired) electrons. The summed E-state index contributed by atoms with van der Waals surface area (Å²) in [6, 6.07) is 14.1. The van der Waals surface area contributed by atoms with Crippen molar-refractivity contribution in [1.29, 1.82) is 0 Å². The van der Waals surface area contributed by atoms with Gasteiger partial charge in [-0.3, -0.25) is 0 Å². The van der Waals surface area contributed by atoms with E-state index < -0.39 is 0 Å². The lowest BCUT2D eigenvalue weighted by atomic mass is 10.0. The summed E-state index contributed by atoms with van der Waals surface area (Å²) in [4.78, 5) is 0. The van der Waals surface area contributed by atoms with Crippen LogP contribution in [0.25, 0.3) is 0 Å². The van der Waals surface area contributed by atoms with E-state index in [0.29, 0.717) is 6.61 Å². The van der Waals surface area contributed by atoms with Crippen molar-refractivity contribution in [2.24, 2.45) is 0 Å². The topological polar surface area (TPSA) is 35.2 Å². The SMILES string of the molecule is Cc1cc(CCOc2ccccc2)c(C)cc1N. The number of ether oxygens (including phenoxy) is 1. The van der Waals surface area contributed by atoms with Gasteiger partial charge in [0, 0.05) is 12.1 Å². The smallest absolute Gasteiger partial charge is 0.119 e. The number of aryl methyl sites for hydroxylation is 2. The molecule has 0 bridgehead atoms. The Morgan fingerprint density at radius 2 is 1.72 bits per heavy atom. The summed E-state index contributed by atoms with van der Waals surface area (Å²) in [6.45, 7) is 4.82. The lowest BCUT2D eigenvalue weighted by Crippen LogP contribution is -2.04. The van der Waals surface area contributed by atoms with E-state index in [0.717, 1.165) is 23.4 Å². The van der Waals surface area contributed by atoms with Gasteiger partial charge in [-0.25, -0.2) is 0 Å². The predicted octanol–water partition coefficient (Wildman–Crippen LogP) is 3.51. The van der Waals surface area contributed by atoms with E-state index in [1.165, 1.54) is 11.1 Å². The number of hydrogen-bond donors (Lipinski definition) is 1. The Morgan fingerprint density at radius 1 is 1.00 bits per heavy atom. The average Bonchev–Trinajstić information content (AvgIpc) is 2.37. The van der Waals surface area contributed by atoms with Gasteiger partial charge in [-0.05, 0) is 48.7 Å². The Balaban J connectivity index is 1.97. The van der Waals surface area contributed by atoms with E-state index in [4.69, 9.17) is 10.5 Å². The zero-order valence-electron chi connectivity index (χ0n) is 10.9. The maximum Gasteiger partial charge on any atom is 0.119 e. The molecule has 2 nitrogen and oxygen atoms in total. The number of rotatable bonds is 4. The van der Waals surface area contributed by atoms with Gasteiger partial charge in [-0.15, -0.1) is 0 Å². The predicted molar refractivity (Wildman–Crippen MR) is 76.0 cm³/mol. The highest BCUT2D eigenvalue weighted by Gasteiger charge is 2.02. The third-order valence-electron chi connectivity index (χ3n) is 3.11. The molecule has 0 unspecified atom stereocenters. The van der Waals surface area contributed by atoms with Gasteiger partial charge in [0.05, 0.1) is 6.61 Å². The van der Waals surface area contributed by atoms with Crippen molar-refractivity contribution < 1.29 is 4.74 Å². The van der Waals surface area contributed by atoms with Gasteiger partial charge in [0.2, 0.25) is 0 Å². The van der Waals surface area contributed by atoms with Crippen LogP contribution in [0, 0.1) is 13.8 Å². The monoisotopic (exact) mass is 241 g/mol. The first-order valence-corrected chi connectivity index (χ1v) is 6.20. The molecule has 0 spiro atoms. The summed E-state index contributed by atoms with van der Waals surface area (Å²) in [6.07, 6.45) is 0.905. The summed E-state index contributed by atoms with van der Waals surface area (Å²) >= 11 is 0. The van der Waals surface area contributed by atoms with E-state index in [1.807, 2.05) is 43.3 Å². The van der Waals surface area contributed by atoms with Crippen molar-refractivity contribution in [2.75, 3.05) is 12.3 Å². The molecular weight excluding hydrogens is 222 g/mol. The van der Waals surface area contributed by atoms with Gasteiger partial charge in [0.25, 0.3) is 0 Å². The minimum absolute atomic E-state index is 0.689. The lowest BCUT2D eigenvalue weighted by molar-refractivity contribution is 0.321. The molecule has 94 valence electrons. The van der Waals surface area contributed by atoms with Crippen LogP contribution in [-0.4, -0.2) is 6.61 Å². The first-order valence-electron chi connectivity index (χ1n) is 6.20. The first kappa shape index (κ1) is 12.5. The second-order valence-corrected chi connectivity index (χ2v) is 4.55. The van der Waals surface area contributed by atoms with Gasteiger partial charge in [-0.1, -0.05) is 24.3 Å². The fraction of sp³-hybridized carbons (Fsp3) is 0.250. The van der Waals surface area contributed by atoms with Crippen LogP contribution >= 0.6 is 0 Å². The van der Waals surface area contributed by atoms with Crippen LogP contribution in [0.1, 0.15) is 16.7 Å². The normalized spacial score (nSPS) is 10.3. The molecule has 2 aromatic rings. The van der Waals surface area contributed by atoms with Crippen molar-refractivity contribution in [3.05, 3.63) is 59.2 Å². The Morgan fingerprint density at radius 3 is 2.44 bits per heavy atom. The quantitative estimate of drug-likeness (QED) is 0.831. The first-order chi connectivity index (χ1) is 8.66. The molecule has 0 fully saturated rings. The van der Waals surface area contributed by atoms with E-state index in [-0.39, 0.29) is 0 Å². The van der Waals surface area contributed by atoms with Crippen molar-refractivity contribution in [2.45, 2.75) is 20.3 Å². The fourth-order valence-electron chi connectivity index (χ4n) is 1.96. The van der Waals surface area contributed by atoms with Crippen LogP contribution in [0.15, 0.2) is 42.5 Å². The van der Waals surface area contributed by atoms with Crippen molar-refractivity contribution >= 4 is 5.69 Å². The van der Waals surface area contributed by atoms with Gasteiger partial charge >= 0.3 is 0 Å². The molecule has 0 atom stereocenters. The molecule has 0 amide bonds. The average molecular weight is 241 g/mol. The molecule has 2 rings (SSSR count). The number of anilines is 1. The number of para-hydroxylation sites is 1. The molecule has 18 heavy (non-hydrogen) atoms. The van der Waals surface area contributed by atoms with Gasteiger partial charge in [-0.2, -0.15) is 0 Å². The molecular formula is C16H19NO. The number of hydrogen-bond acceptors (Lipinski definition) is 2. The Kier molecular flexibility index (Phi) is 3.88. The Hall–Kier alpha value is -1.96. The maximum atomic E-state index is 5.88. The Bertz CT molecular complexity index is 520. The second kappa shape index (κ2) is 5.58. The third kappa shape index (κ3) is 3.04. The Labute approximate surface area is 108 Å². The second-order valence-electron chi connectivity index (χ2n) is 4.55. The van der Waals surface area contributed by atoms with Crippen LogP contribution in [0.3, 0.4) is 0 Å². The molecule has 0 aliphatic heterocycles. The molecule has 2 heteroatoms. The van der Waals surface area contributed by atoms with Crippen molar-refractivity contribution in [3.63, 3.8) is 0 Å². The summed E-state index contributed by atoms with van der Waals surface area (Å²) in [5.41, 5.74) is 10.4. The van der Waals surface area contributed by atoms with Crippen LogP contribution < -0.4 is 10.5 Å². The molecule has 2 N–H and O–H groups in total.